The molecule has 0 fully saturated rings. The summed E-state index contributed by atoms with van der Waals surface area (Å²) >= 11 is 5.80. The van der Waals surface area contributed by atoms with Crippen molar-refractivity contribution in [1.29, 1.82) is 5.26 Å². The molecule has 2 aromatic rings. The molecular weight excluding hydrogens is 314 g/mol. The van der Waals surface area contributed by atoms with Crippen LogP contribution < -0.4 is 10.6 Å². The minimum Gasteiger partial charge on any atom is -0.326 e. The van der Waals surface area contributed by atoms with E-state index >= 15 is 0 Å². The zero-order valence-corrected chi connectivity index (χ0v) is 12.9. The van der Waals surface area contributed by atoms with Crippen molar-refractivity contribution in [3.05, 3.63) is 59.1 Å². The lowest BCUT2D eigenvalue weighted by atomic mass is 10.1. The standard InChI is InChI=1S/C17H14ClN3O2/c18-13-6-4-12(5-7-13)10-17(23)21-15-3-1-2-14(11-15)20-16(22)8-9-19/h1-7,11H,8,10H2,(H,20,22)(H,21,23). The van der Waals surface area contributed by atoms with Gasteiger partial charge in [-0.15, -0.1) is 0 Å². The second-order valence-electron chi connectivity index (χ2n) is 4.82. The first kappa shape index (κ1) is 16.5. The summed E-state index contributed by atoms with van der Waals surface area (Å²) in [5.41, 5.74) is 1.94. The van der Waals surface area contributed by atoms with Gasteiger partial charge in [-0.05, 0) is 35.9 Å². The molecule has 0 saturated heterocycles. The number of rotatable bonds is 5. The van der Waals surface area contributed by atoms with Gasteiger partial charge in [0.2, 0.25) is 11.8 Å². The molecule has 2 amide bonds. The minimum absolute atomic E-state index is 0.173. The molecule has 0 aliphatic rings. The third-order valence-corrected chi connectivity index (χ3v) is 3.20. The Morgan fingerprint density at radius 1 is 1.00 bits per heavy atom. The normalized spacial score (nSPS) is 9.74. The van der Waals surface area contributed by atoms with Gasteiger partial charge in [-0.2, -0.15) is 5.26 Å². The molecule has 0 bridgehead atoms. The Hall–Kier alpha value is -2.84. The maximum absolute atomic E-state index is 12.0. The Labute approximate surface area is 138 Å². The highest BCUT2D eigenvalue weighted by Crippen LogP contribution is 2.16. The highest BCUT2D eigenvalue weighted by atomic mass is 35.5. The van der Waals surface area contributed by atoms with Crippen molar-refractivity contribution in [2.45, 2.75) is 12.8 Å². The molecule has 23 heavy (non-hydrogen) atoms. The van der Waals surface area contributed by atoms with Gasteiger partial charge in [0, 0.05) is 16.4 Å². The van der Waals surface area contributed by atoms with Crippen molar-refractivity contribution in [1.82, 2.24) is 0 Å². The Bertz CT molecular complexity index is 751. The predicted molar refractivity (Wildman–Crippen MR) is 89.1 cm³/mol. The molecule has 0 aromatic heterocycles. The third-order valence-electron chi connectivity index (χ3n) is 2.95. The van der Waals surface area contributed by atoms with Crippen LogP contribution in [-0.2, 0) is 16.0 Å². The van der Waals surface area contributed by atoms with Crippen molar-refractivity contribution < 1.29 is 9.59 Å². The number of nitrogens with zero attached hydrogens (tertiary/aromatic N) is 1. The lowest BCUT2D eigenvalue weighted by Crippen LogP contribution is -2.15. The molecule has 2 N–H and O–H groups in total. The average molecular weight is 328 g/mol. The number of nitrogens with one attached hydrogen (secondary N) is 2. The van der Waals surface area contributed by atoms with Gasteiger partial charge in [-0.3, -0.25) is 9.59 Å². The highest BCUT2D eigenvalue weighted by Gasteiger charge is 2.06. The van der Waals surface area contributed by atoms with Crippen LogP contribution in [0.15, 0.2) is 48.5 Å². The van der Waals surface area contributed by atoms with E-state index in [4.69, 9.17) is 16.9 Å². The number of benzene rings is 2. The first-order valence-electron chi connectivity index (χ1n) is 6.88. The maximum atomic E-state index is 12.0. The molecule has 116 valence electrons. The van der Waals surface area contributed by atoms with Crippen molar-refractivity contribution in [3.8, 4) is 6.07 Å². The number of carbonyl (C=O) groups is 2. The van der Waals surface area contributed by atoms with Crippen molar-refractivity contribution >= 4 is 34.8 Å². The SMILES string of the molecule is N#CCC(=O)Nc1cccc(NC(=O)Cc2ccc(Cl)cc2)c1. The van der Waals surface area contributed by atoms with E-state index < -0.39 is 5.91 Å². The van der Waals surface area contributed by atoms with Crippen LogP contribution in [-0.4, -0.2) is 11.8 Å². The molecule has 0 heterocycles. The van der Waals surface area contributed by atoms with Crippen LogP contribution in [0.4, 0.5) is 11.4 Å². The van der Waals surface area contributed by atoms with E-state index in [1.807, 2.05) is 0 Å². The summed E-state index contributed by atoms with van der Waals surface area (Å²) in [6, 6.07) is 15.6. The van der Waals surface area contributed by atoms with Crippen molar-refractivity contribution in [2.24, 2.45) is 0 Å². The molecule has 0 unspecified atom stereocenters. The molecule has 2 rings (SSSR count). The summed E-state index contributed by atoms with van der Waals surface area (Å²) < 4.78 is 0. The molecular formula is C17H14ClN3O2. The van der Waals surface area contributed by atoms with Gasteiger partial charge in [-0.25, -0.2) is 0 Å². The molecule has 2 aromatic carbocycles. The van der Waals surface area contributed by atoms with Crippen LogP contribution in [0.5, 0.6) is 0 Å². The number of hydrogen-bond donors (Lipinski definition) is 2. The minimum atomic E-state index is -0.392. The van der Waals surface area contributed by atoms with Crippen LogP contribution in [0.2, 0.25) is 5.02 Å². The first-order valence-corrected chi connectivity index (χ1v) is 7.26. The van der Waals surface area contributed by atoms with Gasteiger partial charge < -0.3 is 10.6 Å². The van der Waals surface area contributed by atoms with Crippen LogP contribution >= 0.6 is 11.6 Å². The summed E-state index contributed by atoms with van der Waals surface area (Å²) in [6.07, 6.45) is 0.00927. The van der Waals surface area contributed by atoms with Crippen LogP contribution in [0.1, 0.15) is 12.0 Å². The van der Waals surface area contributed by atoms with Crippen molar-refractivity contribution in [3.63, 3.8) is 0 Å². The fourth-order valence-corrected chi connectivity index (χ4v) is 2.07. The zero-order chi connectivity index (χ0) is 16.7. The largest absolute Gasteiger partial charge is 0.326 e. The fraction of sp³-hybridized carbons (Fsp3) is 0.118. The van der Waals surface area contributed by atoms with Crippen molar-refractivity contribution in [2.75, 3.05) is 10.6 Å². The summed E-state index contributed by atoms with van der Waals surface area (Å²) in [5, 5.41) is 14.4. The zero-order valence-electron chi connectivity index (χ0n) is 12.2. The number of anilines is 2. The predicted octanol–water partition coefficient (Wildman–Crippen LogP) is 3.37. The Kier molecular flexibility index (Phi) is 5.73. The van der Waals surface area contributed by atoms with Gasteiger partial charge in [0.1, 0.15) is 6.42 Å². The van der Waals surface area contributed by atoms with E-state index in [0.717, 1.165) is 5.56 Å². The molecule has 0 spiro atoms. The Morgan fingerprint density at radius 2 is 1.61 bits per heavy atom. The van der Waals surface area contributed by atoms with Crippen LogP contribution in [0.3, 0.4) is 0 Å². The number of carbonyl (C=O) groups excluding carboxylic acids is 2. The smallest absolute Gasteiger partial charge is 0.238 e. The molecule has 0 radical (unpaired) electrons. The highest BCUT2D eigenvalue weighted by molar-refractivity contribution is 6.30. The van der Waals surface area contributed by atoms with Gasteiger partial charge in [0.25, 0.3) is 0 Å². The van der Waals surface area contributed by atoms with E-state index in [1.54, 1.807) is 54.6 Å². The number of halogens is 1. The summed E-state index contributed by atoms with van der Waals surface area (Å²) in [4.78, 5) is 23.4. The topological polar surface area (TPSA) is 82.0 Å². The summed E-state index contributed by atoms with van der Waals surface area (Å²) in [5.74, 6) is -0.565. The second kappa shape index (κ2) is 7.97. The van der Waals surface area contributed by atoms with Gasteiger partial charge in [0.05, 0.1) is 12.5 Å². The van der Waals surface area contributed by atoms with E-state index in [0.29, 0.717) is 16.4 Å². The van der Waals surface area contributed by atoms with Crippen LogP contribution in [0.25, 0.3) is 0 Å². The molecule has 6 heteroatoms. The molecule has 0 atom stereocenters. The lowest BCUT2D eigenvalue weighted by molar-refractivity contribution is -0.116. The second-order valence-corrected chi connectivity index (χ2v) is 5.25. The molecule has 0 aliphatic heterocycles. The van der Waals surface area contributed by atoms with E-state index in [-0.39, 0.29) is 18.7 Å². The van der Waals surface area contributed by atoms with E-state index in [9.17, 15) is 9.59 Å². The summed E-state index contributed by atoms with van der Waals surface area (Å²) in [7, 11) is 0. The van der Waals surface area contributed by atoms with Gasteiger partial charge >= 0.3 is 0 Å². The number of hydrogen-bond acceptors (Lipinski definition) is 3. The quantitative estimate of drug-likeness (QED) is 0.883. The number of nitriles is 1. The van der Waals surface area contributed by atoms with Crippen LogP contribution in [0, 0.1) is 11.3 Å². The average Bonchev–Trinajstić information content (AvgIpc) is 2.50. The van der Waals surface area contributed by atoms with Gasteiger partial charge in [-0.1, -0.05) is 29.8 Å². The lowest BCUT2D eigenvalue weighted by Gasteiger charge is -2.08. The Morgan fingerprint density at radius 3 is 2.22 bits per heavy atom. The Balaban J connectivity index is 1.97. The molecule has 0 aliphatic carbocycles. The molecule has 0 saturated carbocycles. The summed E-state index contributed by atoms with van der Waals surface area (Å²) in [6.45, 7) is 0. The monoisotopic (exact) mass is 327 g/mol. The first-order chi connectivity index (χ1) is 11.1. The maximum Gasteiger partial charge on any atom is 0.238 e. The van der Waals surface area contributed by atoms with Gasteiger partial charge in [0.15, 0.2) is 0 Å². The fourth-order valence-electron chi connectivity index (χ4n) is 1.94. The number of amides is 2. The molecule has 5 nitrogen and oxygen atoms in total. The third kappa shape index (κ3) is 5.46. The van der Waals surface area contributed by atoms with E-state index in [1.165, 1.54) is 0 Å². The van der Waals surface area contributed by atoms with E-state index in [2.05, 4.69) is 10.6 Å².